The van der Waals surface area contributed by atoms with Gasteiger partial charge in [-0.05, 0) is 55.3 Å². The zero-order valence-electron chi connectivity index (χ0n) is 16.1. The fraction of sp³-hybridized carbons (Fsp3) is 0.136. The second-order valence-corrected chi connectivity index (χ2v) is 8.85. The summed E-state index contributed by atoms with van der Waals surface area (Å²) >= 11 is 6.12. The van der Waals surface area contributed by atoms with E-state index in [9.17, 15) is 13.2 Å². The predicted molar refractivity (Wildman–Crippen MR) is 116 cm³/mol. The van der Waals surface area contributed by atoms with Crippen molar-refractivity contribution in [2.75, 3.05) is 4.72 Å². The summed E-state index contributed by atoms with van der Waals surface area (Å²) in [4.78, 5) is 12.4. The summed E-state index contributed by atoms with van der Waals surface area (Å²) in [5, 5.41) is 2.84. The van der Waals surface area contributed by atoms with Crippen LogP contribution in [0, 0.1) is 13.8 Å². The lowest BCUT2D eigenvalue weighted by Gasteiger charge is -2.12. The lowest BCUT2D eigenvalue weighted by atomic mass is 10.1. The van der Waals surface area contributed by atoms with Gasteiger partial charge in [-0.1, -0.05) is 53.6 Å². The number of carbonyl (C=O) groups excluding carboxylic acids is 1. The Morgan fingerprint density at radius 1 is 0.931 bits per heavy atom. The van der Waals surface area contributed by atoms with Crippen LogP contribution >= 0.6 is 11.6 Å². The van der Waals surface area contributed by atoms with Crippen molar-refractivity contribution in [2.24, 2.45) is 0 Å². The quantitative estimate of drug-likeness (QED) is 0.598. The van der Waals surface area contributed by atoms with Crippen LogP contribution in [0.2, 0.25) is 5.02 Å². The number of aryl methyl sites for hydroxylation is 2. The van der Waals surface area contributed by atoms with Crippen LogP contribution in [-0.2, 0) is 16.6 Å². The molecular weight excluding hydrogens is 408 g/mol. The van der Waals surface area contributed by atoms with E-state index in [1.807, 2.05) is 44.2 Å². The van der Waals surface area contributed by atoms with Crippen LogP contribution in [0.4, 0.5) is 5.69 Å². The molecule has 0 spiro atoms. The third-order valence-electron chi connectivity index (χ3n) is 4.29. The molecule has 5 nitrogen and oxygen atoms in total. The third-order valence-corrected chi connectivity index (χ3v) is 6.15. The van der Waals surface area contributed by atoms with Gasteiger partial charge < -0.3 is 5.32 Å². The monoisotopic (exact) mass is 428 g/mol. The van der Waals surface area contributed by atoms with Crippen molar-refractivity contribution in [1.82, 2.24) is 5.32 Å². The topological polar surface area (TPSA) is 75.3 Å². The van der Waals surface area contributed by atoms with Gasteiger partial charge in [0.2, 0.25) is 0 Å². The summed E-state index contributed by atoms with van der Waals surface area (Å²) in [5.74, 6) is -0.379. The van der Waals surface area contributed by atoms with Gasteiger partial charge >= 0.3 is 0 Å². The Kier molecular flexibility index (Phi) is 6.25. The first-order valence-corrected chi connectivity index (χ1v) is 10.8. The molecule has 0 aliphatic carbocycles. The number of hydrogen-bond donors (Lipinski definition) is 2. The number of amides is 1. The van der Waals surface area contributed by atoms with Crippen molar-refractivity contribution in [3.63, 3.8) is 0 Å². The van der Waals surface area contributed by atoms with E-state index in [0.29, 0.717) is 12.2 Å². The van der Waals surface area contributed by atoms with E-state index < -0.39 is 10.0 Å². The average molecular weight is 429 g/mol. The number of anilines is 1. The summed E-state index contributed by atoms with van der Waals surface area (Å²) in [6.45, 7) is 4.18. The van der Waals surface area contributed by atoms with Gasteiger partial charge in [0.1, 0.15) is 4.90 Å². The van der Waals surface area contributed by atoms with Crippen LogP contribution in [-0.4, -0.2) is 14.3 Å². The standard InChI is InChI=1S/C22H21ClN2O3S/c1-15-5-3-7-17(11-15)14-24-22(26)18-9-10-20(23)21(13-18)29(27,28)25-19-8-4-6-16(2)12-19/h3-13,25H,14H2,1-2H3,(H,24,26). The number of halogens is 1. The minimum absolute atomic E-state index is 0.0420. The van der Waals surface area contributed by atoms with Crippen LogP contribution in [0.1, 0.15) is 27.0 Å². The Balaban J connectivity index is 1.80. The molecule has 0 aliphatic heterocycles. The molecule has 0 aromatic heterocycles. The molecule has 0 aliphatic rings. The maximum absolute atomic E-state index is 12.8. The average Bonchev–Trinajstić information content (AvgIpc) is 2.66. The van der Waals surface area contributed by atoms with Crippen molar-refractivity contribution in [3.05, 3.63) is 94.0 Å². The van der Waals surface area contributed by atoms with E-state index in [-0.39, 0.29) is 21.4 Å². The molecule has 29 heavy (non-hydrogen) atoms. The highest BCUT2D eigenvalue weighted by atomic mass is 35.5. The molecule has 7 heteroatoms. The van der Waals surface area contributed by atoms with E-state index in [1.165, 1.54) is 18.2 Å². The summed E-state index contributed by atoms with van der Waals surface area (Å²) in [7, 11) is -3.95. The van der Waals surface area contributed by atoms with Gasteiger partial charge in [0.15, 0.2) is 0 Å². The van der Waals surface area contributed by atoms with Crippen molar-refractivity contribution in [3.8, 4) is 0 Å². The summed E-state index contributed by atoms with van der Waals surface area (Å²) in [5.41, 5.74) is 3.61. The van der Waals surface area contributed by atoms with E-state index in [2.05, 4.69) is 10.0 Å². The van der Waals surface area contributed by atoms with E-state index in [0.717, 1.165) is 16.7 Å². The number of carbonyl (C=O) groups is 1. The summed E-state index contributed by atoms with van der Waals surface area (Å²) in [6.07, 6.45) is 0. The minimum Gasteiger partial charge on any atom is -0.348 e. The summed E-state index contributed by atoms with van der Waals surface area (Å²) in [6, 6.07) is 19.0. The smallest absolute Gasteiger partial charge is 0.263 e. The molecule has 0 fully saturated rings. The number of benzene rings is 3. The van der Waals surface area contributed by atoms with Crippen molar-refractivity contribution in [1.29, 1.82) is 0 Å². The molecule has 3 aromatic rings. The van der Waals surface area contributed by atoms with Gasteiger partial charge in [-0.25, -0.2) is 8.42 Å². The van der Waals surface area contributed by atoms with Crippen LogP contribution < -0.4 is 10.0 Å². The first kappa shape index (κ1) is 20.9. The van der Waals surface area contributed by atoms with E-state index in [1.54, 1.807) is 18.2 Å². The molecule has 150 valence electrons. The number of nitrogens with one attached hydrogen (secondary N) is 2. The molecule has 3 rings (SSSR count). The molecule has 0 unspecified atom stereocenters. The lowest BCUT2D eigenvalue weighted by molar-refractivity contribution is 0.0950. The summed E-state index contributed by atoms with van der Waals surface area (Å²) < 4.78 is 28.1. The Hall–Kier alpha value is -2.83. The molecule has 0 radical (unpaired) electrons. The molecule has 0 heterocycles. The van der Waals surface area contributed by atoms with Gasteiger partial charge in [-0.2, -0.15) is 0 Å². The SMILES string of the molecule is Cc1cccc(CNC(=O)c2ccc(Cl)c(S(=O)(=O)Nc3cccc(C)c3)c2)c1. The normalized spacial score (nSPS) is 11.1. The van der Waals surface area contributed by atoms with Gasteiger partial charge in [0.05, 0.1) is 5.02 Å². The fourth-order valence-corrected chi connectivity index (χ4v) is 4.45. The van der Waals surface area contributed by atoms with Crippen molar-refractivity contribution >= 4 is 33.2 Å². The zero-order valence-corrected chi connectivity index (χ0v) is 17.6. The molecule has 0 saturated heterocycles. The first-order valence-electron chi connectivity index (χ1n) is 8.97. The van der Waals surface area contributed by atoms with Crippen LogP contribution in [0.15, 0.2) is 71.6 Å². The Bertz CT molecular complexity index is 1160. The molecular formula is C22H21ClN2O3S. The molecule has 0 saturated carbocycles. The first-order chi connectivity index (χ1) is 13.7. The van der Waals surface area contributed by atoms with Gasteiger partial charge in [-0.15, -0.1) is 0 Å². The van der Waals surface area contributed by atoms with Crippen molar-refractivity contribution < 1.29 is 13.2 Å². The Morgan fingerprint density at radius 3 is 2.31 bits per heavy atom. The molecule has 0 bridgehead atoms. The second kappa shape index (κ2) is 8.68. The lowest BCUT2D eigenvalue weighted by Crippen LogP contribution is -2.23. The van der Waals surface area contributed by atoms with Crippen LogP contribution in [0.3, 0.4) is 0 Å². The highest BCUT2D eigenvalue weighted by Crippen LogP contribution is 2.25. The van der Waals surface area contributed by atoms with Crippen molar-refractivity contribution in [2.45, 2.75) is 25.3 Å². The minimum atomic E-state index is -3.95. The number of sulfonamides is 1. The van der Waals surface area contributed by atoms with Gasteiger partial charge in [0, 0.05) is 17.8 Å². The highest BCUT2D eigenvalue weighted by molar-refractivity contribution is 7.92. The Morgan fingerprint density at radius 2 is 1.62 bits per heavy atom. The van der Waals surface area contributed by atoms with E-state index in [4.69, 9.17) is 11.6 Å². The zero-order chi connectivity index (χ0) is 21.0. The highest BCUT2D eigenvalue weighted by Gasteiger charge is 2.20. The molecule has 0 atom stereocenters. The third kappa shape index (κ3) is 5.37. The maximum Gasteiger partial charge on any atom is 0.263 e. The molecule has 3 aromatic carbocycles. The molecule has 1 amide bonds. The van der Waals surface area contributed by atoms with Crippen LogP contribution in [0.25, 0.3) is 0 Å². The number of hydrogen-bond acceptors (Lipinski definition) is 3. The second-order valence-electron chi connectivity index (χ2n) is 6.79. The maximum atomic E-state index is 12.8. The fourth-order valence-electron chi connectivity index (χ4n) is 2.88. The number of rotatable bonds is 6. The van der Waals surface area contributed by atoms with Gasteiger partial charge in [-0.3, -0.25) is 9.52 Å². The largest absolute Gasteiger partial charge is 0.348 e. The van der Waals surface area contributed by atoms with E-state index >= 15 is 0 Å². The van der Waals surface area contributed by atoms with Gasteiger partial charge in [0.25, 0.3) is 15.9 Å². The van der Waals surface area contributed by atoms with Crippen LogP contribution in [0.5, 0.6) is 0 Å². The molecule has 2 N–H and O–H groups in total. The Labute approximate surface area is 175 Å². The predicted octanol–water partition coefficient (Wildman–Crippen LogP) is 4.69.